The Kier molecular flexibility index (Phi) is 5.81. The molecule has 0 spiro atoms. The van der Waals surface area contributed by atoms with Crippen LogP contribution in [0, 0.1) is 0 Å². The van der Waals surface area contributed by atoms with E-state index in [0.717, 1.165) is 42.6 Å². The maximum absolute atomic E-state index is 5.86. The molecule has 1 aromatic heterocycles. The summed E-state index contributed by atoms with van der Waals surface area (Å²) < 4.78 is 11.0. The van der Waals surface area contributed by atoms with Gasteiger partial charge in [0.1, 0.15) is 5.75 Å². The second kappa shape index (κ2) is 7.84. The summed E-state index contributed by atoms with van der Waals surface area (Å²) in [4.78, 5) is 6.75. The van der Waals surface area contributed by atoms with Crippen LogP contribution in [0.5, 0.6) is 5.75 Å². The Balaban J connectivity index is 2.02. The molecule has 0 N–H and O–H groups in total. The first-order valence-electron chi connectivity index (χ1n) is 7.58. The zero-order valence-corrected chi connectivity index (χ0v) is 13.1. The van der Waals surface area contributed by atoms with Crippen LogP contribution >= 0.6 is 0 Å². The Morgan fingerprint density at radius 1 is 1.19 bits per heavy atom. The molecule has 2 rings (SSSR count). The van der Waals surface area contributed by atoms with E-state index in [1.807, 2.05) is 24.3 Å². The van der Waals surface area contributed by atoms with E-state index in [1.54, 1.807) is 13.3 Å². The summed E-state index contributed by atoms with van der Waals surface area (Å²) in [5.41, 5.74) is 1.02. The van der Waals surface area contributed by atoms with Crippen molar-refractivity contribution >= 4 is 0 Å². The smallest absolute Gasteiger partial charge is 0.209 e. The lowest BCUT2D eigenvalue weighted by molar-refractivity contribution is 0.248. The molecule has 1 heterocycles. The minimum atomic E-state index is 0.770. The summed E-state index contributed by atoms with van der Waals surface area (Å²) in [7, 11) is 1.66. The van der Waals surface area contributed by atoms with Gasteiger partial charge in [-0.15, -0.1) is 0 Å². The van der Waals surface area contributed by atoms with E-state index >= 15 is 0 Å². The van der Waals surface area contributed by atoms with Crippen LogP contribution in [-0.4, -0.2) is 30.1 Å². The van der Waals surface area contributed by atoms with Crippen molar-refractivity contribution in [3.63, 3.8) is 0 Å². The van der Waals surface area contributed by atoms with Crippen molar-refractivity contribution < 1.29 is 9.15 Å². The van der Waals surface area contributed by atoms with E-state index < -0.39 is 0 Å². The van der Waals surface area contributed by atoms with Gasteiger partial charge < -0.3 is 9.15 Å². The molecular weight excluding hydrogens is 264 g/mol. The number of rotatable bonds is 8. The molecule has 0 atom stereocenters. The highest BCUT2D eigenvalue weighted by Crippen LogP contribution is 2.23. The molecule has 2 aromatic rings. The van der Waals surface area contributed by atoms with Gasteiger partial charge in [-0.1, -0.05) is 20.3 Å². The fraction of sp³-hybridized carbons (Fsp3) is 0.471. The van der Waals surface area contributed by atoms with E-state index in [4.69, 9.17) is 9.15 Å². The van der Waals surface area contributed by atoms with Crippen molar-refractivity contribution in [1.29, 1.82) is 0 Å². The van der Waals surface area contributed by atoms with Crippen molar-refractivity contribution in [2.24, 2.45) is 0 Å². The number of ether oxygens (including phenoxy) is 1. The van der Waals surface area contributed by atoms with Crippen molar-refractivity contribution in [1.82, 2.24) is 9.88 Å². The van der Waals surface area contributed by atoms with E-state index in [2.05, 4.69) is 23.7 Å². The van der Waals surface area contributed by atoms with Crippen LogP contribution in [0.1, 0.15) is 32.6 Å². The van der Waals surface area contributed by atoms with Crippen LogP contribution in [0.4, 0.5) is 0 Å². The van der Waals surface area contributed by atoms with E-state index in [1.165, 1.54) is 12.8 Å². The van der Waals surface area contributed by atoms with E-state index in [9.17, 15) is 0 Å². The van der Waals surface area contributed by atoms with Crippen molar-refractivity contribution in [3.05, 3.63) is 36.4 Å². The summed E-state index contributed by atoms with van der Waals surface area (Å²) in [5.74, 6) is 2.42. The average Bonchev–Trinajstić information content (AvgIpc) is 3.00. The highest BCUT2D eigenvalue weighted by Gasteiger charge is 2.10. The Labute approximate surface area is 126 Å². The number of oxazole rings is 1. The number of benzene rings is 1. The average molecular weight is 288 g/mol. The predicted octanol–water partition coefficient (Wildman–Crippen LogP) is 3.97. The lowest BCUT2D eigenvalue weighted by Crippen LogP contribution is -2.24. The summed E-state index contributed by atoms with van der Waals surface area (Å²) in [5, 5.41) is 0. The number of methoxy groups -OCH3 is 1. The molecule has 0 aliphatic heterocycles. The molecule has 0 saturated carbocycles. The molecular formula is C17H24N2O2. The summed E-state index contributed by atoms with van der Waals surface area (Å²) in [6.45, 7) is 7.25. The van der Waals surface area contributed by atoms with Crippen molar-refractivity contribution in [3.8, 4) is 17.1 Å². The maximum atomic E-state index is 5.86. The highest BCUT2D eigenvalue weighted by molar-refractivity contribution is 5.57. The third-order valence-electron chi connectivity index (χ3n) is 3.56. The fourth-order valence-electron chi connectivity index (χ4n) is 2.19. The molecule has 0 aliphatic carbocycles. The van der Waals surface area contributed by atoms with Gasteiger partial charge in [-0.3, -0.25) is 4.90 Å². The zero-order chi connectivity index (χ0) is 15.1. The second-order valence-electron chi connectivity index (χ2n) is 5.07. The fourth-order valence-corrected chi connectivity index (χ4v) is 2.19. The lowest BCUT2D eigenvalue weighted by Gasteiger charge is -2.17. The third-order valence-corrected chi connectivity index (χ3v) is 3.56. The lowest BCUT2D eigenvalue weighted by atomic mass is 10.2. The van der Waals surface area contributed by atoms with Gasteiger partial charge in [0.05, 0.1) is 19.9 Å². The van der Waals surface area contributed by atoms with E-state index in [0.29, 0.717) is 0 Å². The molecule has 4 heteroatoms. The standard InChI is InChI=1S/C17H24N2O2/c1-4-6-11-19(5-2)13-17-18-12-16(21-17)14-7-9-15(20-3)10-8-14/h7-10,12H,4-6,11,13H2,1-3H3. The van der Waals surface area contributed by atoms with Crippen LogP contribution in [0.3, 0.4) is 0 Å². The minimum absolute atomic E-state index is 0.770. The molecule has 0 unspecified atom stereocenters. The first-order valence-corrected chi connectivity index (χ1v) is 7.58. The van der Waals surface area contributed by atoms with Gasteiger partial charge >= 0.3 is 0 Å². The van der Waals surface area contributed by atoms with Gasteiger partial charge in [0.25, 0.3) is 0 Å². The van der Waals surface area contributed by atoms with E-state index in [-0.39, 0.29) is 0 Å². The van der Waals surface area contributed by atoms with Crippen molar-refractivity contribution in [2.75, 3.05) is 20.2 Å². The van der Waals surface area contributed by atoms with Crippen LogP contribution in [0.25, 0.3) is 11.3 Å². The minimum Gasteiger partial charge on any atom is -0.497 e. The van der Waals surface area contributed by atoms with Crippen LogP contribution in [0.2, 0.25) is 0 Å². The SMILES string of the molecule is CCCCN(CC)Cc1ncc(-c2ccc(OC)cc2)o1. The Morgan fingerprint density at radius 2 is 1.95 bits per heavy atom. The molecule has 0 saturated heterocycles. The van der Waals surface area contributed by atoms with Gasteiger partial charge in [0.15, 0.2) is 5.76 Å². The van der Waals surface area contributed by atoms with Crippen LogP contribution in [0.15, 0.2) is 34.9 Å². The van der Waals surface area contributed by atoms with Crippen LogP contribution < -0.4 is 4.74 Å². The van der Waals surface area contributed by atoms with Gasteiger partial charge in [0.2, 0.25) is 5.89 Å². The first kappa shape index (κ1) is 15.6. The molecule has 0 amide bonds. The molecule has 0 aliphatic rings. The predicted molar refractivity (Wildman–Crippen MR) is 84.4 cm³/mol. The zero-order valence-electron chi connectivity index (χ0n) is 13.1. The normalized spacial score (nSPS) is 11.0. The van der Waals surface area contributed by atoms with Gasteiger partial charge in [0, 0.05) is 5.56 Å². The van der Waals surface area contributed by atoms with Crippen molar-refractivity contribution in [2.45, 2.75) is 33.2 Å². The highest BCUT2D eigenvalue weighted by atomic mass is 16.5. The molecule has 114 valence electrons. The molecule has 0 bridgehead atoms. The number of hydrogen-bond acceptors (Lipinski definition) is 4. The third kappa shape index (κ3) is 4.33. The van der Waals surface area contributed by atoms with Gasteiger partial charge in [-0.05, 0) is 43.8 Å². The summed E-state index contributed by atoms with van der Waals surface area (Å²) in [6, 6.07) is 7.82. The molecule has 0 radical (unpaired) electrons. The molecule has 21 heavy (non-hydrogen) atoms. The monoisotopic (exact) mass is 288 g/mol. The first-order chi connectivity index (χ1) is 10.3. The van der Waals surface area contributed by atoms with Crippen LogP contribution in [-0.2, 0) is 6.54 Å². The number of unbranched alkanes of at least 4 members (excludes halogenated alkanes) is 1. The Hall–Kier alpha value is -1.81. The van der Waals surface area contributed by atoms with Gasteiger partial charge in [-0.2, -0.15) is 0 Å². The summed E-state index contributed by atoms with van der Waals surface area (Å²) >= 11 is 0. The summed E-state index contributed by atoms with van der Waals surface area (Å²) in [6.07, 6.45) is 4.21. The second-order valence-corrected chi connectivity index (χ2v) is 5.07. The Morgan fingerprint density at radius 3 is 2.57 bits per heavy atom. The van der Waals surface area contributed by atoms with Gasteiger partial charge in [-0.25, -0.2) is 4.98 Å². The number of aromatic nitrogens is 1. The molecule has 4 nitrogen and oxygen atoms in total. The molecule has 1 aromatic carbocycles. The number of nitrogens with zero attached hydrogens (tertiary/aromatic N) is 2. The molecule has 0 fully saturated rings. The quantitative estimate of drug-likeness (QED) is 0.736. The number of hydrogen-bond donors (Lipinski definition) is 0. The Bertz CT molecular complexity index is 534. The largest absolute Gasteiger partial charge is 0.497 e. The topological polar surface area (TPSA) is 38.5 Å². The maximum Gasteiger partial charge on any atom is 0.209 e.